The van der Waals surface area contributed by atoms with Crippen LogP contribution in [0, 0.1) is 5.92 Å². The molecule has 0 spiro atoms. The molecule has 0 N–H and O–H groups in total. The van der Waals surface area contributed by atoms with Crippen LogP contribution in [-0.2, 0) is 13.9 Å². The fraction of sp³-hybridized carbons (Fsp3) is 0.765. The normalized spacial score (nSPS) is 16.7. The second-order valence-corrected chi connectivity index (χ2v) is 11.9. The maximum absolute atomic E-state index is 6.18. The van der Waals surface area contributed by atoms with Crippen LogP contribution in [0.4, 0.5) is 0 Å². The van der Waals surface area contributed by atoms with Crippen LogP contribution in [-0.4, -0.2) is 34.9 Å². The molecule has 0 unspecified atom stereocenters. The van der Waals surface area contributed by atoms with Crippen molar-refractivity contribution >= 4 is 8.32 Å². The Morgan fingerprint density at radius 1 is 1.29 bits per heavy atom. The van der Waals surface area contributed by atoms with Crippen molar-refractivity contribution in [3.05, 3.63) is 24.3 Å². The van der Waals surface area contributed by atoms with E-state index in [9.17, 15) is 0 Å². The zero-order valence-electron chi connectivity index (χ0n) is 15.2. The Balaban J connectivity index is 4.56. The number of methoxy groups -OCH3 is 1. The van der Waals surface area contributed by atoms with Gasteiger partial charge in [-0.2, -0.15) is 0 Å². The topological polar surface area (TPSA) is 27.7 Å². The van der Waals surface area contributed by atoms with Crippen molar-refractivity contribution in [3.8, 4) is 0 Å². The van der Waals surface area contributed by atoms with Crippen LogP contribution < -0.4 is 0 Å². The molecule has 4 heteroatoms. The highest BCUT2D eigenvalue weighted by molar-refractivity contribution is 6.74. The molecule has 0 aromatic rings. The molecule has 0 aliphatic rings. The first-order valence-corrected chi connectivity index (χ1v) is 10.5. The maximum atomic E-state index is 6.18. The molecule has 124 valence electrons. The van der Waals surface area contributed by atoms with E-state index in [4.69, 9.17) is 13.9 Å². The molecular formula is C17H34O3Si. The van der Waals surface area contributed by atoms with Crippen molar-refractivity contribution in [1.29, 1.82) is 0 Å². The molecule has 0 radical (unpaired) electrons. The fourth-order valence-electron chi connectivity index (χ4n) is 1.61. The number of hydrogen-bond donors (Lipinski definition) is 0. The zero-order valence-corrected chi connectivity index (χ0v) is 16.2. The van der Waals surface area contributed by atoms with Gasteiger partial charge in [0.2, 0.25) is 0 Å². The van der Waals surface area contributed by atoms with E-state index in [2.05, 4.69) is 60.4 Å². The minimum absolute atomic E-state index is 0.0333. The van der Waals surface area contributed by atoms with Gasteiger partial charge in [-0.15, -0.1) is 6.58 Å². The molecule has 0 aromatic carbocycles. The van der Waals surface area contributed by atoms with Gasteiger partial charge in [0.15, 0.2) is 8.32 Å². The molecule has 0 aromatic heterocycles. The third kappa shape index (κ3) is 6.91. The van der Waals surface area contributed by atoms with Crippen LogP contribution in [0.3, 0.4) is 0 Å². The van der Waals surface area contributed by atoms with Gasteiger partial charge in [-0.3, -0.25) is 0 Å². The van der Waals surface area contributed by atoms with Gasteiger partial charge in [0, 0.05) is 13.0 Å². The Bertz CT molecular complexity index is 342. The summed E-state index contributed by atoms with van der Waals surface area (Å²) in [6.07, 6.45) is 3.96. The predicted molar refractivity (Wildman–Crippen MR) is 93.0 cm³/mol. The third-order valence-electron chi connectivity index (χ3n) is 4.48. The Morgan fingerprint density at radius 2 is 1.86 bits per heavy atom. The van der Waals surface area contributed by atoms with E-state index < -0.39 is 8.32 Å². The minimum Gasteiger partial charge on any atom is -0.413 e. The van der Waals surface area contributed by atoms with Gasteiger partial charge in [-0.1, -0.05) is 45.4 Å². The predicted octanol–water partition coefficient (Wildman–Crippen LogP) is 4.77. The van der Waals surface area contributed by atoms with Crippen LogP contribution in [0.5, 0.6) is 0 Å². The second-order valence-electron chi connectivity index (χ2n) is 7.08. The summed E-state index contributed by atoms with van der Waals surface area (Å²) in [6.45, 7) is 20.4. The molecule has 0 saturated carbocycles. The summed E-state index contributed by atoms with van der Waals surface area (Å²) in [5.41, 5.74) is 1.26. The van der Waals surface area contributed by atoms with E-state index >= 15 is 0 Å². The summed E-state index contributed by atoms with van der Waals surface area (Å²) in [7, 11) is -0.0534. The molecule has 3 nitrogen and oxygen atoms in total. The highest BCUT2D eigenvalue weighted by Gasteiger charge is 2.36. The van der Waals surface area contributed by atoms with Gasteiger partial charge < -0.3 is 13.9 Å². The molecular weight excluding hydrogens is 280 g/mol. The molecule has 0 bridgehead atoms. The van der Waals surface area contributed by atoms with Gasteiger partial charge in [-0.05, 0) is 25.1 Å². The number of hydrogen-bond acceptors (Lipinski definition) is 3. The Hall–Kier alpha value is -0.423. The molecule has 0 aliphatic carbocycles. The summed E-state index contributed by atoms with van der Waals surface area (Å²) in [6, 6.07) is 0. The Morgan fingerprint density at radius 3 is 2.29 bits per heavy atom. The largest absolute Gasteiger partial charge is 0.413 e. The smallest absolute Gasteiger partial charge is 0.192 e. The van der Waals surface area contributed by atoms with Crippen molar-refractivity contribution in [3.63, 3.8) is 0 Å². The van der Waals surface area contributed by atoms with Crippen LogP contribution >= 0.6 is 0 Å². The first-order valence-electron chi connectivity index (χ1n) is 7.60. The summed E-state index contributed by atoms with van der Waals surface area (Å²) in [5, 5.41) is 0.242. The van der Waals surface area contributed by atoms with Gasteiger partial charge in [0.25, 0.3) is 0 Å². The highest BCUT2D eigenvalue weighted by atomic mass is 28.4. The maximum Gasteiger partial charge on any atom is 0.192 e. The SMILES string of the molecule is C=C[C@H](OCOC)[C@H](C)/C(C)=C/CO[Si](C)(C)C(C)(C)C. The summed E-state index contributed by atoms with van der Waals surface area (Å²) >= 11 is 0. The van der Waals surface area contributed by atoms with Gasteiger partial charge in [0.05, 0.1) is 12.7 Å². The van der Waals surface area contributed by atoms with E-state index in [-0.39, 0.29) is 23.9 Å². The first-order chi connectivity index (χ1) is 9.56. The van der Waals surface area contributed by atoms with Crippen molar-refractivity contribution in [1.82, 2.24) is 0 Å². The van der Waals surface area contributed by atoms with E-state index in [0.29, 0.717) is 6.61 Å². The summed E-state index contributed by atoms with van der Waals surface area (Å²) in [5.74, 6) is 0.265. The first kappa shape index (κ1) is 20.6. The Kier molecular flexibility index (Phi) is 8.70. The molecule has 0 heterocycles. The molecule has 21 heavy (non-hydrogen) atoms. The molecule has 0 rings (SSSR count). The molecule has 2 atom stereocenters. The molecule has 0 fully saturated rings. The lowest BCUT2D eigenvalue weighted by Gasteiger charge is -2.36. The summed E-state index contributed by atoms with van der Waals surface area (Å²) in [4.78, 5) is 0. The molecule has 0 amide bonds. The van der Waals surface area contributed by atoms with Crippen LogP contribution in [0.15, 0.2) is 24.3 Å². The van der Waals surface area contributed by atoms with Crippen LogP contribution in [0.1, 0.15) is 34.6 Å². The third-order valence-corrected chi connectivity index (χ3v) is 8.98. The molecule has 0 aliphatic heterocycles. The van der Waals surface area contributed by atoms with Crippen molar-refractivity contribution in [2.75, 3.05) is 20.5 Å². The highest BCUT2D eigenvalue weighted by Crippen LogP contribution is 2.36. The van der Waals surface area contributed by atoms with E-state index in [1.807, 2.05) is 6.08 Å². The van der Waals surface area contributed by atoms with Gasteiger partial charge >= 0.3 is 0 Å². The average molecular weight is 315 g/mol. The second kappa shape index (κ2) is 8.88. The van der Waals surface area contributed by atoms with E-state index in [1.54, 1.807) is 7.11 Å². The van der Waals surface area contributed by atoms with Crippen molar-refractivity contribution in [2.24, 2.45) is 5.92 Å². The van der Waals surface area contributed by atoms with E-state index in [1.165, 1.54) is 5.57 Å². The lowest BCUT2D eigenvalue weighted by atomic mass is 9.96. The number of rotatable bonds is 9. The molecule has 0 saturated heterocycles. The lowest BCUT2D eigenvalue weighted by molar-refractivity contribution is -0.0663. The standard InChI is InChI=1S/C17H34O3Si/c1-10-16(19-13-18-7)15(3)14(2)11-12-20-21(8,9)17(4,5)6/h10-11,15-16H,1,12-13H2,2-9H3/b14-11+/t15-,16+/m1/s1. The van der Waals surface area contributed by atoms with Gasteiger partial charge in [0.1, 0.15) is 6.79 Å². The van der Waals surface area contributed by atoms with Crippen molar-refractivity contribution < 1.29 is 13.9 Å². The minimum atomic E-state index is -1.68. The monoisotopic (exact) mass is 314 g/mol. The zero-order chi connectivity index (χ0) is 16.7. The van der Waals surface area contributed by atoms with Crippen molar-refractivity contribution in [2.45, 2.75) is 58.9 Å². The van der Waals surface area contributed by atoms with Gasteiger partial charge in [-0.25, -0.2) is 0 Å². The average Bonchev–Trinajstić information content (AvgIpc) is 2.37. The quantitative estimate of drug-likeness (QED) is 0.349. The Labute approximate surface area is 132 Å². The summed E-state index contributed by atoms with van der Waals surface area (Å²) < 4.78 is 16.8. The van der Waals surface area contributed by atoms with E-state index in [0.717, 1.165) is 0 Å². The van der Waals surface area contributed by atoms with Crippen LogP contribution in [0.25, 0.3) is 0 Å². The number of ether oxygens (including phenoxy) is 2. The lowest BCUT2D eigenvalue weighted by Crippen LogP contribution is -2.40. The van der Waals surface area contributed by atoms with Crippen LogP contribution in [0.2, 0.25) is 18.1 Å². The fourth-order valence-corrected chi connectivity index (χ4v) is 2.54.